The standard InChI is InChI=1S/C10H14O2/c1-4-6-10(3)7-8(5-2)9(11)12-10/h4-6H,7H2,1-3H3/b6-4+,8-5+. The zero-order chi connectivity index (χ0) is 9.19. The van der Waals surface area contributed by atoms with E-state index in [1.807, 2.05) is 39.0 Å². The normalized spacial score (nSPS) is 33.2. The molecule has 2 nitrogen and oxygen atoms in total. The minimum absolute atomic E-state index is 0.182. The third-order valence-corrected chi connectivity index (χ3v) is 2.00. The molecule has 0 amide bonds. The number of allylic oxidation sites excluding steroid dienone is 2. The molecule has 1 heterocycles. The molecule has 1 unspecified atom stereocenters. The number of ether oxygens (including phenoxy) is 1. The van der Waals surface area contributed by atoms with Crippen LogP contribution >= 0.6 is 0 Å². The molecule has 0 saturated carbocycles. The summed E-state index contributed by atoms with van der Waals surface area (Å²) in [7, 11) is 0. The molecule has 0 N–H and O–H groups in total. The Morgan fingerprint density at radius 2 is 2.17 bits per heavy atom. The molecule has 1 fully saturated rings. The van der Waals surface area contributed by atoms with Crippen molar-refractivity contribution in [2.45, 2.75) is 32.8 Å². The predicted octanol–water partition coefficient (Wildman–Crippen LogP) is 2.21. The highest BCUT2D eigenvalue weighted by atomic mass is 16.6. The van der Waals surface area contributed by atoms with E-state index in [-0.39, 0.29) is 5.97 Å². The van der Waals surface area contributed by atoms with Gasteiger partial charge in [0.15, 0.2) is 0 Å². The van der Waals surface area contributed by atoms with E-state index >= 15 is 0 Å². The van der Waals surface area contributed by atoms with Crippen LogP contribution < -0.4 is 0 Å². The van der Waals surface area contributed by atoms with Gasteiger partial charge in [-0.25, -0.2) is 4.79 Å². The second kappa shape index (κ2) is 3.13. The first kappa shape index (κ1) is 9.04. The molecule has 2 heteroatoms. The number of carbonyl (C=O) groups is 1. The van der Waals surface area contributed by atoms with Gasteiger partial charge in [-0.3, -0.25) is 0 Å². The van der Waals surface area contributed by atoms with Crippen LogP contribution in [0, 0.1) is 0 Å². The topological polar surface area (TPSA) is 26.3 Å². The van der Waals surface area contributed by atoms with Crippen molar-refractivity contribution >= 4 is 5.97 Å². The first-order chi connectivity index (χ1) is 5.61. The second-order valence-corrected chi connectivity index (χ2v) is 3.19. The summed E-state index contributed by atoms with van der Waals surface area (Å²) in [6.07, 6.45) is 6.33. The fraction of sp³-hybridized carbons (Fsp3) is 0.500. The number of carbonyl (C=O) groups excluding carboxylic acids is 1. The molecule has 12 heavy (non-hydrogen) atoms. The van der Waals surface area contributed by atoms with Crippen LogP contribution in [0.1, 0.15) is 27.2 Å². The van der Waals surface area contributed by atoms with Gasteiger partial charge in [0.1, 0.15) is 5.60 Å². The van der Waals surface area contributed by atoms with Crippen LogP contribution in [0.4, 0.5) is 0 Å². The molecule has 0 spiro atoms. The maximum Gasteiger partial charge on any atom is 0.334 e. The van der Waals surface area contributed by atoms with Crippen LogP contribution in [-0.2, 0) is 9.53 Å². The van der Waals surface area contributed by atoms with Gasteiger partial charge in [-0.05, 0) is 26.8 Å². The summed E-state index contributed by atoms with van der Waals surface area (Å²) in [5.74, 6) is -0.182. The zero-order valence-corrected chi connectivity index (χ0v) is 7.76. The number of rotatable bonds is 1. The lowest BCUT2D eigenvalue weighted by Crippen LogP contribution is -2.19. The van der Waals surface area contributed by atoms with Gasteiger partial charge in [0.2, 0.25) is 0 Å². The molecular weight excluding hydrogens is 152 g/mol. The predicted molar refractivity (Wildman–Crippen MR) is 47.7 cm³/mol. The molecule has 0 aromatic rings. The van der Waals surface area contributed by atoms with Gasteiger partial charge in [0.05, 0.1) is 0 Å². The van der Waals surface area contributed by atoms with Crippen LogP contribution in [0.15, 0.2) is 23.8 Å². The summed E-state index contributed by atoms with van der Waals surface area (Å²) in [6.45, 7) is 5.70. The Labute approximate surface area is 72.9 Å². The Morgan fingerprint density at radius 3 is 2.58 bits per heavy atom. The molecule has 1 atom stereocenters. The first-order valence-electron chi connectivity index (χ1n) is 4.13. The smallest absolute Gasteiger partial charge is 0.334 e. The zero-order valence-electron chi connectivity index (χ0n) is 7.76. The molecule has 0 radical (unpaired) electrons. The fourth-order valence-electron chi connectivity index (χ4n) is 1.43. The van der Waals surface area contributed by atoms with Gasteiger partial charge in [-0.15, -0.1) is 0 Å². The van der Waals surface area contributed by atoms with Crippen LogP contribution in [0.5, 0.6) is 0 Å². The van der Waals surface area contributed by atoms with Crippen LogP contribution in [0.2, 0.25) is 0 Å². The Kier molecular flexibility index (Phi) is 2.36. The highest BCUT2D eigenvalue weighted by Gasteiger charge is 2.36. The van der Waals surface area contributed by atoms with E-state index in [2.05, 4.69) is 0 Å². The van der Waals surface area contributed by atoms with E-state index in [0.29, 0.717) is 6.42 Å². The molecule has 0 bridgehead atoms. The number of hydrogen-bond acceptors (Lipinski definition) is 2. The average Bonchev–Trinajstić information content (AvgIpc) is 2.27. The van der Waals surface area contributed by atoms with Crippen LogP contribution in [-0.4, -0.2) is 11.6 Å². The van der Waals surface area contributed by atoms with Gasteiger partial charge in [-0.1, -0.05) is 12.2 Å². The summed E-state index contributed by atoms with van der Waals surface area (Å²) < 4.78 is 5.20. The molecule has 1 saturated heterocycles. The van der Waals surface area contributed by atoms with Gasteiger partial charge in [-0.2, -0.15) is 0 Å². The number of hydrogen-bond donors (Lipinski definition) is 0. The Bertz CT molecular complexity index is 251. The minimum Gasteiger partial charge on any atom is -0.451 e. The molecular formula is C10H14O2. The molecule has 0 aromatic carbocycles. The molecule has 66 valence electrons. The van der Waals surface area contributed by atoms with Crippen molar-refractivity contribution < 1.29 is 9.53 Å². The van der Waals surface area contributed by atoms with Crippen LogP contribution in [0.3, 0.4) is 0 Å². The summed E-state index contributed by atoms with van der Waals surface area (Å²) in [5.41, 5.74) is 0.365. The quantitative estimate of drug-likeness (QED) is 0.339. The number of cyclic esters (lactones) is 1. The lowest BCUT2D eigenvalue weighted by Gasteiger charge is -2.16. The van der Waals surface area contributed by atoms with Crippen molar-refractivity contribution in [2.75, 3.05) is 0 Å². The maximum atomic E-state index is 11.2. The van der Waals surface area contributed by atoms with Gasteiger partial charge in [0.25, 0.3) is 0 Å². The largest absolute Gasteiger partial charge is 0.451 e. The van der Waals surface area contributed by atoms with E-state index in [0.717, 1.165) is 5.57 Å². The van der Waals surface area contributed by atoms with E-state index in [9.17, 15) is 4.79 Å². The highest BCUT2D eigenvalue weighted by Crippen LogP contribution is 2.31. The maximum absolute atomic E-state index is 11.2. The van der Waals surface area contributed by atoms with E-state index < -0.39 is 5.60 Å². The lowest BCUT2D eigenvalue weighted by atomic mass is 9.99. The van der Waals surface area contributed by atoms with Gasteiger partial charge < -0.3 is 4.74 Å². The summed E-state index contributed by atoms with van der Waals surface area (Å²) >= 11 is 0. The van der Waals surface area contributed by atoms with Crippen molar-refractivity contribution in [3.63, 3.8) is 0 Å². The monoisotopic (exact) mass is 166 g/mol. The first-order valence-corrected chi connectivity index (χ1v) is 4.13. The Balaban J connectivity index is 2.84. The van der Waals surface area contributed by atoms with Crippen molar-refractivity contribution in [2.24, 2.45) is 0 Å². The van der Waals surface area contributed by atoms with Gasteiger partial charge >= 0.3 is 5.97 Å². The SMILES string of the molecule is C/C=C/C1(C)C/C(=C\C)C(=O)O1. The molecule has 0 aliphatic carbocycles. The van der Waals surface area contributed by atoms with Gasteiger partial charge in [0, 0.05) is 12.0 Å². The van der Waals surface area contributed by atoms with E-state index in [1.165, 1.54) is 0 Å². The molecule has 1 aliphatic rings. The summed E-state index contributed by atoms with van der Waals surface area (Å²) in [5, 5.41) is 0. The van der Waals surface area contributed by atoms with Crippen molar-refractivity contribution in [3.05, 3.63) is 23.8 Å². The molecule has 1 rings (SSSR count). The highest BCUT2D eigenvalue weighted by molar-refractivity contribution is 5.91. The van der Waals surface area contributed by atoms with E-state index in [1.54, 1.807) is 0 Å². The number of esters is 1. The molecule has 0 aromatic heterocycles. The minimum atomic E-state index is -0.409. The fourth-order valence-corrected chi connectivity index (χ4v) is 1.43. The average molecular weight is 166 g/mol. The third-order valence-electron chi connectivity index (χ3n) is 2.00. The molecule has 1 aliphatic heterocycles. The second-order valence-electron chi connectivity index (χ2n) is 3.19. The summed E-state index contributed by atoms with van der Waals surface area (Å²) in [4.78, 5) is 11.2. The van der Waals surface area contributed by atoms with E-state index in [4.69, 9.17) is 4.74 Å². The summed E-state index contributed by atoms with van der Waals surface area (Å²) in [6, 6.07) is 0. The van der Waals surface area contributed by atoms with Crippen LogP contribution in [0.25, 0.3) is 0 Å². The van der Waals surface area contributed by atoms with Crippen molar-refractivity contribution in [3.8, 4) is 0 Å². The van der Waals surface area contributed by atoms with Crippen molar-refractivity contribution in [1.29, 1.82) is 0 Å². The van der Waals surface area contributed by atoms with Crippen molar-refractivity contribution in [1.82, 2.24) is 0 Å². The Hall–Kier alpha value is -1.05. The Morgan fingerprint density at radius 1 is 1.50 bits per heavy atom. The third kappa shape index (κ3) is 1.58. The lowest BCUT2D eigenvalue weighted by molar-refractivity contribution is -0.141.